The van der Waals surface area contributed by atoms with Crippen molar-refractivity contribution in [2.45, 2.75) is 6.92 Å². The molecule has 0 radical (unpaired) electrons. The number of nitrogens with two attached hydrogens (primary N) is 1. The molecule has 4 nitrogen and oxygen atoms in total. The van der Waals surface area contributed by atoms with E-state index in [1.807, 2.05) is 0 Å². The average Bonchev–Trinajstić information content (AvgIpc) is 2.44. The minimum absolute atomic E-state index is 0.240. The van der Waals surface area contributed by atoms with Gasteiger partial charge in [-0.15, -0.1) is 0 Å². The van der Waals surface area contributed by atoms with E-state index >= 15 is 0 Å². The Kier molecular flexibility index (Phi) is 3.89. The van der Waals surface area contributed by atoms with Crippen molar-refractivity contribution in [2.75, 3.05) is 12.8 Å². The third-order valence-corrected chi connectivity index (χ3v) is 2.82. The van der Waals surface area contributed by atoms with Gasteiger partial charge in [-0.2, -0.15) is 0 Å². The largest absolute Gasteiger partial charge is 0.465 e. The number of halogens is 1. The molecule has 20 heavy (non-hydrogen) atoms. The molecule has 0 fully saturated rings. The summed E-state index contributed by atoms with van der Waals surface area (Å²) in [7, 11) is 1.28. The number of benzene rings is 2. The SMILES string of the molecule is COC(=O)c1cc(Oc2ccc(F)cc2)cc(C)c1N. The molecule has 2 aromatic rings. The lowest BCUT2D eigenvalue weighted by molar-refractivity contribution is 0.0601. The first kappa shape index (κ1) is 13.9. The lowest BCUT2D eigenvalue weighted by atomic mass is 10.1. The van der Waals surface area contributed by atoms with Gasteiger partial charge in [-0.25, -0.2) is 9.18 Å². The fourth-order valence-corrected chi connectivity index (χ4v) is 1.74. The Morgan fingerprint density at radius 3 is 2.40 bits per heavy atom. The second-order valence-corrected chi connectivity index (χ2v) is 4.25. The van der Waals surface area contributed by atoms with Gasteiger partial charge in [0.05, 0.1) is 12.7 Å². The van der Waals surface area contributed by atoms with Crippen LogP contribution in [-0.2, 0) is 4.74 Å². The van der Waals surface area contributed by atoms with Crippen LogP contribution in [0.3, 0.4) is 0 Å². The summed E-state index contributed by atoms with van der Waals surface area (Å²) < 4.78 is 23.1. The Morgan fingerprint density at radius 2 is 1.80 bits per heavy atom. The van der Waals surface area contributed by atoms with Crippen molar-refractivity contribution in [3.05, 3.63) is 53.3 Å². The summed E-state index contributed by atoms with van der Waals surface area (Å²) in [5.41, 5.74) is 7.12. The molecule has 0 saturated carbocycles. The van der Waals surface area contributed by atoms with E-state index in [1.54, 1.807) is 13.0 Å². The maximum atomic E-state index is 12.8. The quantitative estimate of drug-likeness (QED) is 0.689. The maximum absolute atomic E-state index is 12.8. The molecule has 0 aliphatic rings. The van der Waals surface area contributed by atoms with E-state index in [1.165, 1.54) is 37.4 Å². The second kappa shape index (κ2) is 5.61. The number of methoxy groups -OCH3 is 1. The number of hydrogen-bond acceptors (Lipinski definition) is 4. The number of carbonyl (C=O) groups excluding carboxylic acids is 1. The van der Waals surface area contributed by atoms with Gasteiger partial charge in [-0.3, -0.25) is 0 Å². The number of aryl methyl sites for hydroxylation is 1. The van der Waals surface area contributed by atoms with Gasteiger partial charge in [0.1, 0.15) is 17.3 Å². The molecule has 5 heteroatoms. The Bertz CT molecular complexity index is 638. The van der Waals surface area contributed by atoms with Gasteiger partial charge in [0, 0.05) is 5.69 Å². The zero-order chi connectivity index (χ0) is 14.7. The van der Waals surface area contributed by atoms with E-state index in [0.29, 0.717) is 22.7 Å². The van der Waals surface area contributed by atoms with E-state index in [-0.39, 0.29) is 11.4 Å². The standard InChI is InChI=1S/C15H14FNO3/c1-9-7-12(8-13(14(9)17)15(18)19-2)20-11-5-3-10(16)4-6-11/h3-8H,17H2,1-2H3. The predicted molar refractivity (Wildman–Crippen MR) is 73.4 cm³/mol. The van der Waals surface area contributed by atoms with Gasteiger partial charge in [-0.05, 0) is 48.9 Å². The molecular formula is C15H14FNO3. The van der Waals surface area contributed by atoms with E-state index in [9.17, 15) is 9.18 Å². The zero-order valence-electron chi connectivity index (χ0n) is 11.1. The van der Waals surface area contributed by atoms with Crippen LogP contribution in [0.1, 0.15) is 15.9 Å². The van der Waals surface area contributed by atoms with Gasteiger partial charge in [-0.1, -0.05) is 0 Å². The van der Waals surface area contributed by atoms with E-state index in [2.05, 4.69) is 4.74 Å². The average molecular weight is 275 g/mol. The molecular weight excluding hydrogens is 261 g/mol. The monoisotopic (exact) mass is 275 g/mol. The lowest BCUT2D eigenvalue weighted by Crippen LogP contribution is -2.07. The fourth-order valence-electron chi connectivity index (χ4n) is 1.74. The molecule has 2 rings (SSSR count). The molecule has 0 unspecified atom stereocenters. The minimum atomic E-state index is -0.532. The Balaban J connectivity index is 2.35. The van der Waals surface area contributed by atoms with Crippen LogP contribution in [0.4, 0.5) is 10.1 Å². The molecule has 0 heterocycles. The number of nitrogen functional groups attached to an aromatic ring is 1. The number of anilines is 1. The van der Waals surface area contributed by atoms with Crippen LogP contribution in [0.5, 0.6) is 11.5 Å². The topological polar surface area (TPSA) is 61.5 Å². The van der Waals surface area contributed by atoms with Crippen LogP contribution in [0, 0.1) is 12.7 Å². The molecule has 0 amide bonds. The highest BCUT2D eigenvalue weighted by Gasteiger charge is 2.14. The third-order valence-electron chi connectivity index (χ3n) is 2.82. The van der Waals surface area contributed by atoms with Crippen molar-refractivity contribution in [3.63, 3.8) is 0 Å². The Labute approximate surface area is 115 Å². The smallest absolute Gasteiger partial charge is 0.340 e. The number of carbonyl (C=O) groups is 1. The second-order valence-electron chi connectivity index (χ2n) is 4.25. The molecule has 0 spiro atoms. The number of hydrogen-bond donors (Lipinski definition) is 1. The molecule has 0 aliphatic carbocycles. The molecule has 0 aliphatic heterocycles. The molecule has 2 aromatic carbocycles. The van der Waals surface area contributed by atoms with Gasteiger partial charge >= 0.3 is 5.97 Å². The first-order valence-electron chi connectivity index (χ1n) is 5.93. The number of rotatable bonds is 3. The molecule has 2 N–H and O–H groups in total. The highest BCUT2D eigenvalue weighted by molar-refractivity contribution is 5.96. The lowest BCUT2D eigenvalue weighted by Gasteiger charge is -2.11. The van der Waals surface area contributed by atoms with E-state index < -0.39 is 5.97 Å². The highest BCUT2D eigenvalue weighted by Crippen LogP contribution is 2.28. The zero-order valence-corrected chi connectivity index (χ0v) is 11.1. The highest BCUT2D eigenvalue weighted by atomic mass is 19.1. The molecule has 0 bridgehead atoms. The first-order valence-corrected chi connectivity index (χ1v) is 5.93. The summed E-state index contributed by atoms with van der Waals surface area (Å²) in [4.78, 5) is 11.6. The van der Waals surface area contributed by atoms with Crippen molar-refractivity contribution in [3.8, 4) is 11.5 Å². The first-order chi connectivity index (χ1) is 9.51. The molecule has 104 valence electrons. The summed E-state index contributed by atoms with van der Waals surface area (Å²) in [6.45, 7) is 1.76. The third kappa shape index (κ3) is 2.88. The molecule has 0 saturated heterocycles. The summed E-state index contributed by atoms with van der Waals surface area (Å²) in [6, 6.07) is 8.78. The summed E-state index contributed by atoms with van der Waals surface area (Å²) in [5.74, 6) is 0.0198. The summed E-state index contributed by atoms with van der Waals surface area (Å²) in [6.07, 6.45) is 0. The van der Waals surface area contributed by atoms with Crippen LogP contribution >= 0.6 is 0 Å². The van der Waals surface area contributed by atoms with Gasteiger partial charge in [0.25, 0.3) is 0 Å². The normalized spacial score (nSPS) is 10.2. The number of ether oxygens (including phenoxy) is 2. The van der Waals surface area contributed by atoms with Crippen molar-refractivity contribution >= 4 is 11.7 Å². The van der Waals surface area contributed by atoms with Crippen LogP contribution < -0.4 is 10.5 Å². The molecule has 0 aromatic heterocycles. The summed E-state index contributed by atoms with van der Waals surface area (Å²) >= 11 is 0. The van der Waals surface area contributed by atoms with Crippen molar-refractivity contribution in [2.24, 2.45) is 0 Å². The minimum Gasteiger partial charge on any atom is -0.465 e. The number of esters is 1. The fraction of sp³-hybridized carbons (Fsp3) is 0.133. The van der Waals surface area contributed by atoms with Gasteiger partial charge < -0.3 is 15.2 Å². The van der Waals surface area contributed by atoms with Crippen LogP contribution in [0.25, 0.3) is 0 Å². The van der Waals surface area contributed by atoms with Crippen LogP contribution in [0.15, 0.2) is 36.4 Å². The summed E-state index contributed by atoms with van der Waals surface area (Å²) in [5, 5.41) is 0. The Hall–Kier alpha value is -2.56. The van der Waals surface area contributed by atoms with Crippen molar-refractivity contribution in [1.82, 2.24) is 0 Å². The Morgan fingerprint density at radius 1 is 1.15 bits per heavy atom. The van der Waals surface area contributed by atoms with E-state index in [0.717, 1.165) is 0 Å². The maximum Gasteiger partial charge on any atom is 0.340 e. The van der Waals surface area contributed by atoms with Gasteiger partial charge in [0.2, 0.25) is 0 Å². The van der Waals surface area contributed by atoms with Crippen molar-refractivity contribution < 1.29 is 18.7 Å². The predicted octanol–water partition coefficient (Wildman–Crippen LogP) is 3.30. The van der Waals surface area contributed by atoms with Crippen molar-refractivity contribution in [1.29, 1.82) is 0 Å². The van der Waals surface area contributed by atoms with E-state index in [4.69, 9.17) is 10.5 Å². The molecule has 0 atom stereocenters. The van der Waals surface area contributed by atoms with Crippen LogP contribution in [0.2, 0.25) is 0 Å². The van der Waals surface area contributed by atoms with Crippen LogP contribution in [-0.4, -0.2) is 13.1 Å². The van der Waals surface area contributed by atoms with Gasteiger partial charge in [0.15, 0.2) is 0 Å².